The summed E-state index contributed by atoms with van der Waals surface area (Å²) in [6.45, 7) is 10.9. The molecule has 42 heavy (non-hydrogen) atoms. The van der Waals surface area contributed by atoms with Crippen LogP contribution in [-0.2, 0) is 13.0 Å². The number of rotatable bonds is 8. The van der Waals surface area contributed by atoms with Crippen molar-refractivity contribution in [2.75, 3.05) is 24.5 Å². The van der Waals surface area contributed by atoms with E-state index in [-0.39, 0.29) is 47.2 Å². The molecule has 9 nitrogen and oxygen atoms in total. The Morgan fingerprint density at radius 3 is 2.71 bits per heavy atom. The van der Waals surface area contributed by atoms with Gasteiger partial charge in [-0.25, -0.2) is 14.4 Å². The van der Waals surface area contributed by atoms with Crippen LogP contribution in [0.3, 0.4) is 0 Å². The molecule has 6 rings (SSSR count). The highest BCUT2D eigenvalue weighted by atomic mass is 35.5. The van der Waals surface area contributed by atoms with E-state index >= 15 is 0 Å². The normalized spacial score (nSPS) is 18.9. The average molecular weight is 597 g/mol. The minimum atomic E-state index is -0.491. The van der Waals surface area contributed by atoms with Crippen LogP contribution in [0.25, 0.3) is 0 Å². The maximum Gasteiger partial charge on any atom is 0.257 e. The third kappa shape index (κ3) is 5.74. The lowest BCUT2D eigenvalue weighted by atomic mass is 9.61. The number of nitrogens with zero attached hydrogens (tertiary/aromatic N) is 5. The average Bonchev–Trinajstić information content (AvgIpc) is 2.90. The SMILES string of the molecule is CCN(C(=O)c1cc(F)ccc1Oc1cncnc1N1CC2(CC(Oc3ccnc4c3CNC(C)C4)C2)C1)C(C)C.Cl. The van der Waals surface area contributed by atoms with Crippen LogP contribution in [0.2, 0.25) is 0 Å². The molecule has 3 aliphatic rings. The zero-order chi connectivity index (χ0) is 28.7. The zero-order valence-electron chi connectivity index (χ0n) is 24.5. The molecule has 3 aromatic rings. The Morgan fingerprint density at radius 1 is 1.19 bits per heavy atom. The van der Waals surface area contributed by atoms with E-state index in [0.29, 0.717) is 24.2 Å². The molecule has 1 saturated heterocycles. The van der Waals surface area contributed by atoms with Gasteiger partial charge in [-0.3, -0.25) is 9.78 Å². The van der Waals surface area contributed by atoms with Crippen LogP contribution in [0.15, 0.2) is 43.0 Å². The molecule has 2 aromatic heterocycles. The van der Waals surface area contributed by atoms with Crippen molar-refractivity contribution in [2.45, 2.75) is 71.7 Å². The number of carbonyl (C=O) groups is 1. The Balaban J connectivity index is 0.00000353. The molecule has 2 fully saturated rings. The first-order valence-electron chi connectivity index (χ1n) is 14.5. The van der Waals surface area contributed by atoms with Crippen LogP contribution < -0.4 is 19.7 Å². The number of hydrogen-bond acceptors (Lipinski definition) is 8. The minimum absolute atomic E-state index is 0. The van der Waals surface area contributed by atoms with Crippen molar-refractivity contribution < 1.29 is 18.7 Å². The first-order chi connectivity index (χ1) is 19.7. The molecular weight excluding hydrogens is 559 g/mol. The van der Waals surface area contributed by atoms with Gasteiger partial charge in [-0.2, -0.15) is 0 Å². The van der Waals surface area contributed by atoms with E-state index in [4.69, 9.17) is 9.47 Å². The number of fused-ring (bicyclic) bond motifs is 1. The van der Waals surface area contributed by atoms with Gasteiger partial charge in [-0.05, 0) is 64.8 Å². The monoisotopic (exact) mass is 596 g/mol. The van der Waals surface area contributed by atoms with Crippen LogP contribution in [0.4, 0.5) is 10.2 Å². The second-order valence-electron chi connectivity index (χ2n) is 11.9. The Bertz CT molecular complexity index is 1440. The highest BCUT2D eigenvalue weighted by Crippen LogP contribution is 2.52. The number of ether oxygens (including phenoxy) is 2. The van der Waals surface area contributed by atoms with Gasteiger partial charge in [0.15, 0.2) is 11.6 Å². The fourth-order valence-corrected chi connectivity index (χ4v) is 6.36. The van der Waals surface area contributed by atoms with E-state index in [9.17, 15) is 9.18 Å². The second-order valence-corrected chi connectivity index (χ2v) is 11.9. The Kier molecular flexibility index (Phi) is 8.57. The summed E-state index contributed by atoms with van der Waals surface area (Å²) in [5.74, 6) is 1.56. The van der Waals surface area contributed by atoms with Crippen LogP contribution in [0.1, 0.15) is 62.2 Å². The molecule has 1 atom stereocenters. The number of hydrogen-bond donors (Lipinski definition) is 1. The van der Waals surface area contributed by atoms with E-state index < -0.39 is 5.82 Å². The standard InChI is InChI=1S/C31H37FN6O3.ClH/c1-5-38(19(2)3)30(39)23-11-21(32)6-7-26(23)41-28-15-33-18-36-29(28)37-16-31(17-37)12-22(13-31)40-27-8-9-34-25-10-20(4)35-14-24(25)27;/h6-9,11,15,18-20,22,35H,5,10,12-14,16-17H2,1-4H3;1H. The fourth-order valence-electron chi connectivity index (χ4n) is 6.36. The van der Waals surface area contributed by atoms with Crippen molar-refractivity contribution in [2.24, 2.45) is 5.41 Å². The van der Waals surface area contributed by atoms with E-state index in [1.54, 1.807) is 11.1 Å². The number of halogens is 2. The first-order valence-corrected chi connectivity index (χ1v) is 14.5. The number of anilines is 1. The molecule has 224 valence electrons. The molecule has 1 saturated carbocycles. The largest absolute Gasteiger partial charge is 0.490 e. The van der Waals surface area contributed by atoms with Crippen LogP contribution in [0.5, 0.6) is 17.2 Å². The summed E-state index contributed by atoms with van der Waals surface area (Å²) in [4.78, 5) is 30.4. The van der Waals surface area contributed by atoms with Crippen LogP contribution >= 0.6 is 12.4 Å². The maximum absolute atomic E-state index is 14.2. The number of benzene rings is 1. The van der Waals surface area contributed by atoms with Crippen molar-refractivity contribution in [1.29, 1.82) is 0 Å². The molecular formula is C31H38ClFN6O3. The van der Waals surface area contributed by atoms with Crippen molar-refractivity contribution in [3.63, 3.8) is 0 Å². The van der Waals surface area contributed by atoms with Gasteiger partial charge in [0.1, 0.15) is 29.7 Å². The highest BCUT2D eigenvalue weighted by molar-refractivity contribution is 5.97. The van der Waals surface area contributed by atoms with Crippen molar-refractivity contribution in [3.8, 4) is 17.2 Å². The van der Waals surface area contributed by atoms with Crippen molar-refractivity contribution >= 4 is 24.1 Å². The van der Waals surface area contributed by atoms with Crippen LogP contribution in [0, 0.1) is 11.2 Å². The van der Waals surface area contributed by atoms with Gasteiger partial charge in [0.2, 0.25) is 0 Å². The Hall–Kier alpha value is -3.50. The summed E-state index contributed by atoms with van der Waals surface area (Å²) < 4.78 is 26.9. The quantitative estimate of drug-likeness (QED) is 0.380. The molecule has 0 radical (unpaired) electrons. The van der Waals surface area contributed by atoms with E-state index in [0.717, 1.165) is 50.3 Å². The van der Waals surface area contributed by atoms with Crippen LogP contribution in [-0.4, -0.2) is 63.6 Å². The number of amides is 1. The topological polar surface area (TPSA) is 92.7 Å². The predicted octanol–water partition coefficient (Wildman–Crippen LogP) is 5.18. The molecule has 4 heterocycles. The number of carbonyl (C=O) groups excluding carboxylic acids is 1. The smallest absolute Gasteiger partial charge is 0.257 e. The molecule has 1 N–H and O–H groups in total. The van der Waals surface area contributed by atoms with E-state index in [1.807, 2.05) is 33.0 Å². The molecule has 2 aliphatic heterocycles. The van der Waals surface area contributed by atoms with E-state index in [1.165, 1.54) is 30.1 Å². The molecule has 1 unspecified atom stereocenters. The molecule has 1 spiro atoms. The summed E-state index contributed by atoms with van der Waals surface area (Å²) in [6, 6.07) is 6.40. The summed E-state index contributed by atoms with van der Waals surface area (Å²) in [5, 5.41) is 3.51. The third-order valence-corrected chi connectivity index (χ3v) is 8.47. The van der Waals surface area contributed by atoms with E-state index in [2.05, 4.69) is 32.1 Å². The van der Waals surface area contributed by atoms with Gasteiger partial charge in [0, 0.05) is 61.9 Å². The van der Waals surface area contributed by atoms with Crippen molar-refractivity contribution in [1.82, 2.24) is 25.2 Å². The highest BCUT2D eigenvalue weighted by Gasteiger charge is 2.54. The lowest BCUT2D eigenvalue weighted by molar-refractivity contribution is -0.0350. The lowest BCUT2D eigenvalue weighted by Gasteiger charge is -2.59. The van der Waals surface area contributed by atoms with Gasteiger partial charge in [0.05, 0.1) is 17.5 Å². The van der Waals surface area contributed by atoms with Gasteiger partial charge in [0.25, 0.3) is 5.91 Å². The Morgan fingerprint density at radius 2 is 1.98 bits per heavy atom. The van der Waals surface area contributed by atoms with Gasteiger partial charge in [-0.1, -0.05) is 0 Å². The molecule has 0 bridgehead atoms. The van der Waals surface area contributed by atoms with Gasteiger partial charge in [-0.15, -0.1) is 12.4 Å². The minimum Gasteiger partial charge on any atom is -0.490 e. The molecule has 1 aromatic carbocycles. The number of nitrogens with one attached hydrogen (secondary N) is 1. The summed E-state index contributed by atoms with van der Waals surface area (Å²) in [5.41, 5.74) is 2.67. The molecule has 11 heteroatoms. The molecule has 1 amide bonds. The van der Waals surface area contributed by atoms with Gasteiger partial charge < -0.3 is 24.6 Å². The van der Waals surface area contributed by atoms with Gasteiger partial charge >= 0.3 is 0 Å². The zero-order valence-corrected chi connectivity index (χ0v) is 25.3. The van der Waals surface area contributed by atoms with Crippen molar-refractivity contribution in [3.05, 3.63) is 65.6 Å². The summed E-state index contributed by atoms with van der Waals surface area (Å²) in [7, 11) is 0. The first kappa shape index (κ1) is 30.0. The lowest BCUT2D eigenvalue weighted by Crippen LogP contribution is -2.65. The predicted molar refractivity (Wildman–Crippen MR) is 160 cm³/mol. The number of pyridine rings is 1. The maximum atomic E-state index is 14.2. The second kappa shape index (κ2) is 12.0. The fraction of sp³-hybridized carbons (Fsp3) is 0.484. The number of aromatic nitrogens is 3. The summed E-state index contributed by atoms with van der Waals surface area (Å²) >= 11 is 0. The molecule has 1 aliphatic carbocycles. The third-order valence-electron chi connectivity index (χ3n) is 8.47. The summed E-state index contributed by atoms with van der Waals surface area (Å²) in [6.07, 6.45) is 8.00. The Labute approximate surface area is 252 Å².